The number of piperazine rings is 1. The average Bonchev–Trinajstić information content (AvgIpc) is 2.70. The first kappa shape index (κ1) is 20.2. The number of rotatable bonds is 5. The van der Waals surface area contributed by atoms with Crippen LogP contribution in [0, 0.1) is 0 Å². The average molecular weight is 425 g/mol. The molecule has 0 bridgehead atoms. The minimum absolute atomic E-state index is 0.0201. The van der Waals surface area contributed by atoms with Crippen molar-refractivity contribution >= 4 is 39.3 Å². The largest absolute Gasteiger partial charge is 0.339 e. The van der Waals surface area contributed by atoms with E-state index in [9.17, 15) is 13.2 Å². The van der Waals surface area contributed by atoms with Gasteiger partial charge in [0.1, 0.15) is 0 Å². The summed E-state index contributed by atoms with van der Waals surface area (Å²) in [7, 11) is -3.51. The number of carbonyl (C=O) groups excluding carboxylic acids is 1. The van der Waals surface area contributed by atoms with Crippen LogP contribution < -0.4 is 0 Å². The SMILES string of the molecule is C[C@H](Sc1ccc(Cl)cc1)C(=O)N1CCN(S(=O)(=O)c2ccccc2)CC1. The van der Waals surface area contributed by atoms with Gasteiger partial charge in [-0.3, -0.25) is 4.79 Å². The van der Waals surface area contributed by atoms with Crippen molar-refractivity contribution in [1.82, 2.24) is 9.21 Å². The number of nitrogens with zero attached hydrogens (tertiary/aromatic N) is 2. The summed E-state index contributed by atoms with van der Waals surface area (Å²) in [4.78, 5) is 15.7. The van der Waals surface area contributed by atoms with E-state index in [2.05, 4.69) is 0 Å². The minimum Gasteiger partial charge on any atom is -0.339 e. The Bertz CT molecular complexity index is 881. The molecule has 1 heterocycles. The van der Waals surface area contributed by atoms with E-state index in [4.69, 9.17) is 11.6 Å². The van der Waals surface area contributed by atoms with E-state index in [0.29, 0.717) is 31.2 Å². The molecule has 1 aliphatic rings. The quantitative estimate of drug-likeness (QED) is 0.690. The fourth-order valence-electron chi connectivity index (χ4n) is 2.92. The molecule has 1 amide bonds. The van der Waals surface area contributed by atoms with Crippen LogP contribution >= 0.6 is 23.4 Å². The van der Waals surface area contributed by atoms with Crippen molar-refractivity contribution in [3.8, 4) is 0 Å². The molecule has 1 atom stereocenters. The van der Waals surface area contributed by atoms with Gasteiger partial charge in [-0.2, -0.15) is 4.31 Å². The number of thioether (sulfide) groups is 1. The highest BCUT2D eigenvalue weighted by Gasteiger charge is 2.31. The molecule has 1 fully saturated rings. The molecule has 0 unspecified atom stereocenters. The molecule has 1 aliphatic heterocycles. The van der Waals surface area contributed by atoms with Crippen LogP contribution in [0.15, 0.2) is 64.4 Å². The lowest BCUT2D eigenvalue weighted by Crippen LogP contribution is -2.52. The van der Waals surface area contributed by atoms with Crippen molar-refractivity contribution in [1.29, 1.82) is 0 Å². The summed E-state index contributed by atoms with van der Waals surface area (Å²) in [6, 6.07) is 15.8. The van der Waals surface area contributed by atoms with Gasteiger partial charge < -0.3 is 4.90 Å². The zero-order valence-electron chi connectivity index (χ0n) is 14.9. The van der Waals surface area contributed by atoms with Crippen LogP contribution in [0.25, 0.3) is 0 Å². The second-order valence-electron chi connectivity index (χ2n) is 6.26. The van der Waals surface area contributed by atoms with Gasteiger partial charge in [-0.25, -0.2) is 8.42 Å². The van der Waals surface area contributed by atoms with E-state index in [0.717, 1.165) is 4.90 Å². The third-order valence-electron chi connectivity index (χ3n) is 4.41. The number of hydrogen-bond donors (Lipinski definition) is 0. The van der Waals surface area contributed by atoms with Gasteiger partial charge in [0, 0.05) is 36.1 Å². The summed E-state index contributed by atoms with van der Waals surface area (Å²) in [5.74, 6) is 0.0201. The summed E-state index contributed by atoms with van der Waals surface area (Å²) in [6.45, 7) is 3.28. The molecule has 0 aromatic heterocycles. The van der Waals surface area contributed by atoms with Gasteiger partial charge in [-0.1, -0.05) is 29.8 Å². The van der Waals surface area contributed by atoms with E-state index >= 15 is 0 Å². The fourth-order valence-corrected chi connectivity index (χ4v) is 5.44. The number of hydrogen-bond acceptors (Lipinski definition) is 4. The van der Waals surface area contributed by atoms with Crippen LogP contribution in [-0.4, -0.2) is 55.0 Å². The van der Waals surface area contributed by atoms with Gasteiger partial charge >= 0.3 is 0 Å². The Labute approximate surface area is 169 Å². The molecule has 2 aromatic rings. The lowest BCUT2D eigenvalue weighted by Gasteiger charge is -2.35. The zero-order valence-corrected chi connectivity index (χ0v) is 17.3. The normalized spacial score (nSPS) is 16.9. The maximum absolute atomic E-state index is 12.7. The summed E-state index contributed by atoms with van der Waals surface area (Å²) in [5.41, 5.74) is 0. The number of sulfonamides is 1. The van der Waals surface area contributed by atoms with Gasteiger partial charge in [0.25, 0.3) is 0 Å². The van der Waals surface area contributed by atoms with Crippen LogP contribution in [0.2, 0.25) is 5.02 Å². The Morgan fingerprint density at radius 1 is 1.00 bits per heavy atom. The lowest BCUT2D eigenvalue weighted by molar-refractivity contribution is -0.131. The molecule has 0 aliphatic carbocycles. The van der Waals surface area contributed by atoms with Gasteiger partial charge in [-0.05, 0) is 43.3 Å². The second-order valence-corrected chi connectivity index (χ2v) is 10.0. The first-order valence-electron chi connectivity index (χ1n) is 8.64. The molecule has 0 N–H and O–H groups in total. The Morgan fingerprint density at radius 3 is 2.19 bits per heavy atom. The predicted octanol–water partition coefficient (Wildman–Crippen LogP) is 3.35. The highest BCUT2D eigenvalue weighted by atomic mass is 35.5. The molecule has 3 rings (SSSR count). The third-order valence-corrected chi connectivity index (χ3v) is 7.67. The molecule has 27 heavy (non-hydrogen) atoms. The Kier molecular flexibility index (Phi) is 6.47. The van der Waals surface area contributed by atoms with E-state index in [1.54, 1.807) is 47.4 Å². The van der Waals surface area contributed by atoms with Gasteiger partial charge in [0.15, 0.2) is 0 Å². The van der Waals surface area contributed by atoms with Crippen molar-refractivity contribution in [3.05, 3.63) is 59.6 Å². The van der Waals surface area contributed by atoms with Gasteiger partial charge in [0.2, 0.25) is 15.9 Å². The smallest absolute Gasteiger partial charge is 0.243 e. The molecular formula is C19H21ClN2O3S2. The van der Waals surface area contributed by atoms with E-state index in [-0.39, 0.29) is 16.1 Å². The molecular weight excluding hydrogens is 404 g/mol. The molecule has 0 saturated carbocycles. The fraction of sp³-hybridized carbons (Fsp3) is 0.316. The maximum Gasteiger partial charge on any atom is 0.243 e. The van der Waals surface area contributed by atoms with Crippen LogP contribution in [0.1, 0.15) is 6.92 Å². The predicted molar refractivity (Wildman–Crippen MR) is 109 cm³/mol. The van der Waals surface area contributed by atoms with Crippen molar-refractivity contribution in [2.45, 2.75) is 22.0 Å². The van der Waals surface area contributed by atoms with Crippen molar-refractivity contribution < 1.29 is 13.2 Å². The second kappa shape index (κ2) is 8.65. The van der Waals surface area contributed by atoms with Crippen LogP contribution in [0.4, 0.5) is 0 Å². The Morgan fingerprint density at radius 2 is 1.59 bits per heavy atom. The van der Waals surface area contributed by atoms with E-state index < -0.39 is 10.0 Å². The van der Waals surface area contributed by atoms with Crippen LogP contribution in [0.5, 0.6) is 0 Å². The summed E-state index contributed by atoms with van der Waals surface area (Å²) in [5, 5.41) is 0.414. The molecule has 1 saturated heterocycles. The van der Waals surface area contributed by atoms with Crippen molar-refractivity contribution in [2.75, 3.05) is 26.2 Å². The molecule has 0 spiro atoms. The third kappa shape index (κ3) is 4.85. The Hall–Kier alpha value is -1.54. The highest BCUT2D eigenvalue weighted by molar-refractivity contribution is 8.00. The lowest BCUT2D eigenvalue weighted by atomic mass is 10.3. The number of carbonyl (C=O) groups is 1. The topological polar surface area (TPSA) is 57.7 Å². The number of amides is 1. The number of benzene rings is 2. The minimum atomic E-state index is -3.51. The molecule has 0 radical (unpaired) electrons. The van der Waals surface area contributed by atoms with Gasteiger partial charge in [0.05, 0.1) is 10.1 Å². The zero-order chi connectivity index (χ0) is 19.4. The summed E-state index contributed by atoms with van der Waals surface area (Å²) in [6.07, 6.45) is 0. The van der Waals surface area contributed by atoms with Crippen LogP contribution in [-0.2, 0) is 14.8 Å². The molecule has 5 nitrogen and oxygen atoms in total. The number of halogens is 1. The summed E-state index contributed by atoms with van der Waals surface area (Å²) < 4.78 is 26.8. The van der Waals surface area contributed by atoms with Crippen LogP contribution in [0.3, 0.4) is 0 Å². The van der Waals surface area contributed by atoms with E-state index in [1.807, 2.05) is 19.1 Å². The monoisotopic (exact) mass is 424 g/mol. The molecule has 2 aromatic carbocycles. The highest BCUT2D eigenvalue weighted by Crippen LogP contribution is 2.26. The van der Waals surface area contributed by atoms with Crippen molar-refractivity contribution in [3.63, 3.8) is 0 Å². The first-order valence-corrected chi connectivity index (χ1v) is 11.3. The summed E-state index contributed by atoms with van der Waals surface area (Å²) >= 11 is 7.36. The molecule has 144 valence electrons. The first-order chi connectivity index (χ1) is 12.9. The maximum atomic E-state index is 12.7. The molecule has 8 heteroatoms. The van der Waals surface area contributed by atoms with Crippen molar-refractivity contribution in [2.24, 2.45) is 0 Å². The van der Waals surface area contributed by atoms with Gasteiger partial charge in [-0.15, -0.1) is 11.8 Å². The van der Waals surface area contributed by atoms with E-state index in [1.165, 1.54) is 16.1 Å². The Balaban J connectivity index is 1.58. The standard InChI is InChI=1S/C19H21ClN2O3S2/c1-15(26-17-9-7-16(20)8-10-17)19(23)21-11-13-22(14-12-21)27(24,25)18-5-3-2-4-6-18/h2-10,15H,11-14H2,1H3/t15-/m0/s1.